The maximum absolute atomic E-state index is 5.65. The molecule has 1 aromatic carbocycles. The van der Waals surface area contributed by atoms with E-state index in [-0.39, 0.29) is 0 Å². The Morgan fingerprint density at radius 2 is 1.94 bits per heavy atom. The number of nitrogens with one attached hydrogen (secondary N) is 1. The zero-order chi connectivity index (χ0) is 12.6. The first-order chi connectivity index (χ1) is 8.90. The van der Waals surface area contributed by atoms with Gasteiger partial charge in [0.1, 0.15) is 0 Å². The predicted octanol–water partition coefficient (Wildman–Crippen LogP) is 3.48. The average Bonchev–Trinajstić information content (AvgIpc) is 2.45. The lowest BCUT2D eigenvalue weighted by Gasteiger charge is -2.11. The van der Waals surface area contributed by atoms with Gasteiger partial charge in [0.15, 0.2) is 11.6 Å². The van der Waals surface area contributed by atoms with Gasteiger partial charge in [-0.3, -0.25) is 0 Å². The van der Waals surface area contributed by atoms with Crippen molar-refractivity contribution < 1.29 is 4.74 Å². The van der Waals surface area contributed by atoms with Gasteiger partial charge in [-0.1, -0.05) is 37.3 Å². The smallest absolute Gasteiger partial charge is 0.169 e. The molecule has 0 aliphatic carbocycles. The van der Waals surface area contributed by atoms with Gasteiger partial charge in [-0.2, -0.15) is 0 Å². The van der Waals surface area contributed by atoms with Gasteiger partial charge in [-0.25, -0.2) is 4.98 Å². The van der Waals surface area contributed by atoms with Gasteiger partial charge in [0.2, 0.25) is 0 Å². The van der Waals surface area contributed by atoms with E-state index in [1.807, 2.05) is 30.3 Å². The topological polar surface area (TPSA) is 34.1 Å². The molecule has 0 aliphatic heterocycles. The SMILES string of the molecule is CCCOc1cccnc1NCc1ccccc1. The first kappa shape index (κ1) is 12.4. The minimum Gasteiger partial charge on any atom is -0.490 e. The molecule has 2 aromatic rings. The van der Waals surface area contributed by atoms with E-state index in [0.29, 0.717) is 6.61 Å². The van der Waals surface area contributed by atoms with Crippen LogP contribution in [0.2, 0.25) is 0 Å². The summed E-state index contributed by atoms with van der Waals surface area (Å²) in [7, 11) is 0. The van der Waals surface area contributed by atoms with E-state index in [1.165, 1.54) is 5.56 Å². The van der Waals surface area contributed by atoms with Crippen LogP contribution in [0.4, 0.5) is 5.82 Å². The van der Waals surface area contributed by atoms with E-state index < -0.39 is 0 Å². The van der Waals surface area contributed by atoms with Gasteiger partial charge in [-0.15, -0.1) is 0 Å². The molecule has 1 aromatic heterocycles. The van der Waals surface area contributed by atoms with Crippen LogP contribution >= 0.6 is 0 Å². The molecule has 0 saturated carbocycles. The highest BCUT2D eigenvalue weighted by Gasteiger charge is 2.03. The second kappa shape index (κ2) is 6.64. The predicted molar refractivity (Wildman–Crippen MR) is 73.8 cm³/mol. The van der Waals surface area contributed by atoms with Crippen LogP contribution in [0.25, 0.3) is 0 Å². The molecule has 0 radical (unpaired) electrons. The van der Waals surface area contributed by atoms with Crippen molar-refractivity contribution in [1.82, 2.24) is 4.98 Å². The van der Waals surface area contributed by atoms with Crippen molar-refractivity contribution >= 4 is 5.82 Å². The Balaban J connectivity index is 2.00. The molecule has 1 N–H and O–H groups in total. The second-order valence-corrected chi connectivity index (χ2v) is 4.04. The fourth-order valence-electron chi connectivity index (χ4n) is 1.63. The van der Waals surface area contributed by atoms with Crippen LogP contribution in [-0.2, 0) is 6.54 Å². The van der Waals surface area contributed by atoms with Gasteiger partial charge in [0, 0.05) is 12.7 Å². The maximum atomic E-state index is 5.65. The summed E-state index contributed by atoms with van der Waals surface area (Å²) < 4.78 is 5.65. The molecule has 1 heterocycles. The summed E-state index contributed by atoms with van der Waals surface area (Å²) in [5, 5.41) is 3.30. The molecule has 3 nitrogen and oxygen atoms in total. The summed E-state index contributed by atoms with van der Waals surface area (Å²) >= 11 is 0. The van der Waals surface area contributed by atoms with Crippen molar-refractivity contribution in [3.05, 3.63) is 54.2 Å². The lowest BCUT2D eigenvalue weighted by molar-refractivity contribution is 0.318. The largest absolute Gasteiger partial charge is 0.490 e. The molecular formula is C15H18N2O. The molecule has 0 amide bonds. The van der Waals surface area contributed by atoms with Crippen LogP contribution in [0, 0.1) is 0 Å². The minimum absolute atomic E-state index is 0.714. The van der Waals surface area contributed by atoms with Crippen molar-refractivity contribution in [2.24, 2.45) is 0 Å². The lowest BCUT2D eigenvalue weighted by atomic mass is 10.2. The number of benzene rings is 1. The summed E-state index contributed by atoms with van der Waals surface area (Å²) in [5.74, 6) is 1.62. The summed E-state index contributed by atoms with van der Waals surface area (Å²) in [6, 6.07) is 14.1. The van der Waals surface area contributed by atoms with E-state index >= 15 is 0 Å². The number of hydrogen-bond donors (Lipinski definition) is 1. The van der Waals surface area contributed by atoms with Crippen LogP contribution in [0.15, 0.2) is 48.7 Å². The normalized spacial score (nSPS) is 10.1. The third-order valence-corrected chi connectivity index (χ3v) is 2.54. The van der Waals surface area contributed by atoms with Crippen molar-refractivity contribution in [1.29, 1.82) is 0 Å². The van der Waals surface area contributed by atoms with Gasteiger partial charge in [-0.05, 0) is 24.1 Å². The lowest BCUT2D eigenvalue weighted by Crippen LogP contribution is -2.05. The molecule has 0 unspecified atom stereocenters. The van der Waals surface area contributed by atoms with Crippen molar-refractivity contribution in [3.63, 3.8) is 0 Å². The Labute approximate surface area is 108 Å². The maximum Gasteiger partial charge on any atom is 0.169 e. The molecule has 3 heteroatoms. The van der Waals surface area contributed by atoms with Gasteiger partial charge in [0.05, 0.1) is 6.61 Å². The number of nitrogens with zero attached hydrogens (tertiary/aromatic N) is 1. The molecule has 0 atom stereocenters. The van der Waals surface area contributed by atoms with Crippen molar-refractivity contribution in [2.45, 2.75) is 19.9 Å². The van der Waals surface area contributed by atoms with E-state index in [0.717, 1.165) is 24.5 Å². The van der Waals surface area contributed by atoms with Crippen LogP contribution in [0.3, 0.4) is 0 Å². The molecule has 0 spiro atoms. The monoisotopic (exact) mass is 242 g/mol. The van der Waals surface area contributed by atoms with E-state index in [9.17, 15) is 0 Å². The van der Waals surface area contributed by atoms with Crippen LogP contribution < -0.4 is 10.1 Å². The standard InChI is InChI=1S/C15H18N2O/c1-2-11-18-14-9-6-10-16-15(14)17-12-13-7-4-3-5-8-13/h3-10H,2,11-12H2,1H3,(H,16,17). The Morgan fingerprint density at radius 1 is 1.11 bits per heavy atom. The highest BCUT2D eigenvalue weighted by Crippen LogP contribution is 2.21. The quantitative estimate of drug-likeness (QED) is 0.842. The number of pyridine rings is 1. The number of aromatic nitrogens is 1. The first-order valence-corrected chi connectivity index (χ1v) is 6.25. The third kappa shape index (κ3) is 3.48. The van der Waals surface area contributed by atoms with Crippen LogP contribution in [0.1, 0.15) is 18.9 Å². The zero-order valence-corrected chi connectivity index (χ0v) is 10.6. The van der Waals surface area contributed by atoms with E-state index in [1.54, 1.807) is 6.20 Å². The number of rotatable bonds is 6. The molecule has 2 rings (SSSR count). The van der Waals surface area contributed by atoms with Crippen LogP contribution in [0.5, 0.6) is 5.75 Å². The Bertz CT molecular complexity index is 471. The molecule has 0 saturated heterocycles. The molecule has 0 bridgehead atoms. The van der Waals surface area contributed by atoms with Gasteiger partial charge < -0.3 is 10.1 Å². The molecule has 18 heavy (non-hydrogen) atoms. The number of hydrogen-bond acceptors (Lipinski definition) is 3. The highest BCUT2D eigenvalue weighted by atomic mass is 16.5. The van der Waals surface area contributed by atoms with Crippen LogP contribution in [-0.4, -0.2) is 11.6 Å². The van der Waals surface area contributed by atoms with E-state index in [2.05, 4.69) is 29.4 Å². The molecule has 0 fully saturated rings. The highest BCUT2D eigenvalue weighted by molar-refractivity contribution is 5.49. The zero-order valence-electron chi connectivity index (χ0n) is 10.6. The second-order valence-electron chi connectivity index (χ2n) is 4.04. The summed E-state index contributed by atoms with van der Waals surface area (Å²) in [4.78, 5) is 4.31. The number of ether oxygens (including phenoxy) is 1. The van der Waals surface area contributed by atoms with Crippen molar-refractivity contribution in [3.8, 4) is 5.75 Å². The summed E-state index contributed by atoms with van der Waals surface area (Å²) in [5.41, 5.74) is 1.23. The number of anilines is 1. The fraction of sp³-hybridized carbons (Fsp3) is 0.267. The van der Waals surface area contributed by atoms with Gasteiger partial charge >= 0.3 is 0 Å². The van der Waals surface area contributed by atoms with Gasteiger partial charge in [0.25, 0.3) is 0 Å². The van der Waals surface area contributed by atoms with E-state index in [4.69, 9.17) is 4.74 Å². The first-order valence-electron chi connectivity index (χ1n) is 6.25. The van der Waals surface area contributed by atoms with Crippen molar-refractivity contribution in [2.75, 3.05) is 11.9 Å². The average molecular weight is 242 g/mol. The Morgan fingerprint density at radius 3 is 2.72 bits per heavy atom. The molecular weight excluding hydrogens is 224 g/mol. The summed E-state index contributed by atoms with van der Waals surface area (Å²) in [6.07, 6.45) is 2.76. The Kier molecular flexibility index (Phi) is 4.59. The fourth-order valence-corrected chi connectivity index (χ4v) is 1.63. The minimum atomic E-state index is 0.714. The molecule has 0 aliphatic rings. The molecule has 94 valence electrons. The summed E-state index contributed by atoms with van der Waals surface area (Å²) in [6.45, 7) is 3.56. The third-order valence-electron chi connectivity index (χ3n) is 2.54. The Hall–Kier alpha value is -2.03.